The van der Waals surface area contributed by atoms with Gasteiger partial charge in [-0.1, -0.05) is 30.3 Å². The molecule has 0 unspecified atom stereocenters. The first-order valence-corrected chi connectivity index (χ1v) is 6.70. The first-order valence-electron chi connectivity index (χ1n) is 6.70. The minimum atomic E-state index is -0.668. The van der Waals surface area contributed by atoms with E-state index in [4.69, 9.17) is 9.47 Å². The Morgan fingerprint density at radius 3 is 2.41 bits per heavy atom. The molecule has 2 aromatic rings. The Morgan fingerprint density at radius 2 is 1.82 bits per heavy atom. The lowest BCUT2D eigenvalue weighted by Crippen LogP contribution is -2.08. The van der Waals surface area contributed by atoms with E-state index in [1.165, 1.54) is 14.2 Å². The summed E-state index contributed by atoms with van der Waals surface area (Å²) in [5.41, 5.74) is 1.49. The molecule has 22 heavy (non-hydrogen) atoms. The molecule has 0 aliphatic heterocycles. The number of halogens is 1. The molecule has 116 valence electrons. The van der Waals surface area contributed by atoms with Gasteiger partial charge in [-0.05, 0) is 18.6 Å². The van der Waals surface area contributed by atoms with Crippen molar-refractivity contribution in [2.24, 2.45) is 0 Å². The number of rotatable bonds is 5. The Labute approximate surface area is 128 Å². The van der Waals surface area contributed by atoms with Crippen molar-refractivity contribution in [3.63, 3.8) is 0 Å². The van der Waals surface area contributed by atoms with Gasteiger partial charge in [0.25, 0.3) is 0 Å². The third kappa shape index (κ3) is 3.19. The number of methoxy groups -OCH3 is 2. The van der Waals surface area contributed by atoms with Crippen LogP contribution in [0.1, 0.15) is 21.5 Å². The van der Waals surface area contributed by atoms with Crippen LogP contribution in [0, 0.1) is 12.7 Å². The lowest BCUT2D eigenvalue weighted by Gasteiger charge is -2.16. The zero-order valence-electron chi connectivity index (χ0n) is 12.7. The van der Waals surface area contributed by atoms with Crippen LogP contribution in [0.4, 0.5) is 4.39 Å². The Balaban J connectivity index is 2.35. The van der Waals surface area contributed by atoms with E-state index in [0.717, 1.165) is 11.6 Å². The first-order chi connectivity index (χ1) is 10.6. The van der Waals surface area contributed by atoms with E-state index in [1.54, 1.807) is 6.92 Å². The smallest absolute Gasteiger partial charge is 0.338 e. The standard InChI is InChI=1S/C17H17FO4/c1-11-13(17(19)21-3)9-14(18)16(15(11)20-2)22-10-12-7-5-4-6-8-12/h4-9H,10H2,1-3H3. The van der Waals surface area contributed by atoms with Crippen LogP contribution in [-0.4, -0.2) is 20.2 Å². The molecule has 0 bridgehead atoms. The highest BCUT2D eigenvalue weighted by atomic mass is 19.1. The van der Waals surface area contributed by atoms with Crippen LogP contribution in [0.5, 0.6) is 11.5 Å². The van der Waals surface area contributed by atoms with Gasteiger partial charge < -0.3 is 14.2 Å². The molecule has 0 saturated heterocycles. The van der Waals surface area contributed by atoms with E-state index in [-0.39, 0.29) is 23.7 Å². The average Bonchev–Trinajstić information content (AvgIpc) is 2.55. The normalized spacial score (nSPS) is 10.2. The van der Waals surface area contributed by atoms with E-state index in [9.17, 15) is 9.18 Å². The maximum Gasteiger partial charge on any atom is 0.338 e. The first kappa shape index (κ1) is 15.8. The number of carbonyl (C=O) groups excluding carboxylic acids is 1. The summed E-state index contributed by atoms with van der Waals surface area (Å²) in [4.78, 5) is 11.7. The van der Waals surface area contributed by atoms with Crippen molar-refractivity contribution in [2.75, 3.05) is 14.2 Å². The molecule has 0 fully saturated rings. The molecule has 4 nitrogen and oxygen atoms in total. The summed E-state index contributed by atoms with van der Waals surface area (Å²) < 4.78 is 29.7. The van der Waals surface area contributed by atoms with Gasteiger partial charge in [-0.3, -0.25) is 0 Å². The van der Waals surface area contributed by atoms with Gasteiger partial charge in [0.2, 0.25) is 0 Å². The molecule has 0 radical (unpaired) electrons. The van der Waals surface area contributed by atoms with Crippen LogP contribution in [0.3, 0.4) is 0 Å². The molecule has 0 aliphatic rings. The number of esters is 1. The Bertz CT molecular complexity index is 668. The number of hydrogen-bond donors (Lipinski definition) is 0. The second kappa shape index (κ2) is 6.93. The van der Waals surface area contributed by atoms with E-state index >= 15 is 0 Å². The van der Waals surface area contributed by atoms with Crippen LogP contribution < -0.4 is 9.47 Å². The largest absolute Gasteiger partial charge is 0.492 e. The summed E-state index contributed by atoms with van der Waals surface area (Å²) in [6, 6.07) is 10.5. The van der Waals surface area contributed by atoms with Crippen molar-refractivity contribution < 1.29 is 23.4 Å². The summed E-state index contributed by atoms with van der Waals surface area (Å²) in [6.45, 7) is 1.85. The third-order valence-corrected chi connectivity index (χ3v) is 3.27. The maximum atomic E-state index is 14.3. The van der Waals surface area contributed by atoms with Gasteiger partial charge in [0.15, 0.2) is 17.3 Å². The molecule has 0 amide bonds. The second-order valence-electron chi connectivity index (χ2n) is 4.66. The Morgan fingerprint density at radius 1 is 1.14 bits per heavy atom. The van der Waals surface area contributed by atoms with Crippen LogP contribution in [0.2, 0.25) is 0 Å². The quantitative estimate of drug-likeness (QED) is 0.793. The Hall–Kier alpha value is -2.56. The van der Waals surface area contributed by atoms with Crippen LogP contribution in [0.15, 0.2) is 36.4 Å². The van der Waals surface area contributed by atoms with Gasteiger partial charge in [-0.25, -0.2) is 9.18 Å². The van der Waals surface area contributed by atoms with Crippen molar-refractivity contribution in [1.82, 2.24) is 0 Å². The zero-order valence-corrected chi connectivity index (χ0v) is 12.7. The molecule has 0 saturated carbocycles. The van der Waals surface area contributed by atoms with E-state index in [1.807, 2.05) is 30.3 Å². The molecule has 0 heterocycles. The molecule has 0 atom stereocenters. The minimum absolute atomic E-state index is 0.0171. The number of ether oxygens (including phenoxy) is 3. The summed E-state index contributed by atoms with van der Waals surface area (Å²) in [7, 11) is 2.64. The van der Waals surface area contributed by atoms with Gasteiger partial charge in [0, 0.05) is 5.56 Å². The molecule has 2 aromatic carbocycles. The fourth-order valence-corrected chi connectivity index (χ4v) is 2.13. The SMILES string of the molecule is COC(=O)c1cc(F)c(OCc2ccccc2)c(OC)c1C. The summed E-state index contributed by atoms with van der Waals surface area (Å²) in [5, 5.41) is 0. The Kier molecular flexibility index (Phi) is 4.99. The summed E-state index contributed by atoms with van der Waals surface area (Å²) in [6.07, 6.45) is 0. The average molecular weight is 304 g/mol. The van der Waals surface area contributed by atoms with Crippen molar-refractivity contribution in [3.05, 3.63) is 58.9 Å². The minimum Gasteiger partial charge on any atom is -0.492 e. The topological polar surface area (TPSA) is 44.8 Å². The molecular formula is C17H17FO4. The fraction of sp³-hybridized carbons (Fsp3) is 0.235. The highest BCUT2D eigenvalue weighted by Gasteiger charge is 2.22. The molecule has 2 rings (SSSR count). The van der Waals surface area contributed by atoms with E-state index < -0.39 is 11.8 Å². The van der Waals surface area contributed by atoms with Crippen molar-refractivity contribution in [1.29, 1.82) is 0 Å². The molecule has 0 spiro atoms. The number of carbonyl (C=O) groups is 1. The second-order valence-corrected chi connectivity index (χ2v) is 4.66. The van der Waals surface area contributed by atoms with E-state index in [0.29, 0.717) is 5.56 Å². The van der Waals surface area contributed by atoms with Crippen LogP contribution >= 0.6 is 0 Å². The van der Waals surface area contributed by atoms with Gasteiger partial charge >= 0.3 is 5.97 Å². The molecule has 0 N–H and O–H groups in total. The van der Waals surface area contributed by atoms with Crippen LogP contribution in [0.25, 0.3) is 0 Å². The predicted molar refractivity (Wildman–Crippen MR) is 79.8 cm³/mol. The molecular weight excluding hydrogens is 287 g/mol. The molecule has 0 aromatic heterocycles. The summed E-state index contributed by atoms with van der Waals surface area (Å²) >= 11 is 0. The van der Waals surface area contributed by atoms with Crippen molar-refractivity contribution in [2.45, 2.75) is 13.5 Å². The predicted octanol–water partition coefficient (Wildman–Crippen LogP) is 3.51. The van der Waals surface area contributed by atoms with Gasteiger partial charge in [0.05, 0.1) is 19.8 Å². The van der Waals surface area contributed by atoms with Crippen molar-refractivity contribution in [3.8, 4) is 11.5 Å². The summed E-state index contributed by atoms with van der Waals surface area (Å²) in [5.74, 6) is -1.11. The van der Waals surface area contributed by atoms with Gasteiger partial charge in [-0.15, -0.1) is 0 Å². The number of hydrogen-bond acceptors (Lipinski definition) is 4. The van der Waals surface area contributed by atoms with Gasteiger partial charge in [0.1, 0.15) is 6.61 Å². The third-order valence-electron chi connectivity index (χ3n) is 3.27. The zero-order chi connectivity index (χ0) is 16.1. The lowest BCUT2D eigenvalue weighted by molar-refractivity contribution is 0.0598. The lowest BCUT2D eigenvalue weighted by atomic mass is 10.1. The van der Waals surface area contributed by atoms with Gasteiger partial charge in [-0.2, -0.15) is 0 Å². The number of benzene rings is 2. The fourth-order valence-electron chi connectivity index (χ4n) is 2.13. The molecule has 0 aliphatic carbocycles. The highest BCUT2D eigenvalue weighted by molar-refractivity contribution is 5.92. The van der Waals surface area contributed by atoms with Crippen molar-refractivity contribution >= 4 is 5.97 Å². The highest BCUT2D eigenvalue weighted by Crippen LogP contribution is 2.36. The monoisotopic (exact) mass is 304 g/mol. The van der Waals surface area contributed by atoms with Crippen LogP contribution in [-0.2, 0) is 11.3 Å². The molecule has 5 heteroatoms. The van der Waals surface area contributed by atoms with E-state index in [2.05, 4.69) is 4.74 Å². The maximum absolute atomic E-state index is 14.3.